The molecule has 7 heteroatoms. The third kappa shape index (κ3) is 3.29. The Balaban J connectivity index is 1.58. The minimum Gasteiger partial charge on any atom is -0.325 e. The van der Waals surface area contributed by atoms with E-state index in [9.17, 15) is 18.8 Å². The number of halogens is 2. The molecule has 2 aliphatic rings. The topological polar surface area (TPSA) is 66.5 Å². The summed E-state index contributed by atoms with van der Waals surface area (Å²) in [4.78, 5) is 37.9. The Labute approximate surface area is 144 Å². The monoisotopic (exact) mass is 352 g/mol. The second kappa shape index (κ2) is 6.89. The third-order valence-electron chi connectivity index (χ3n) is 4.70. The molecule has 1 aromatic carbocycles. The molecule has 3 amide bonds. The number of hydrogen-bond acceptors (Lipinski definition) is 3. The zero-order chi connectivity index (χ0) is 17.3. The van der Waals surface area contributed by atoms with Crippen molar-refractivity contribution < 1.29 is 18.8 Å². The fourth-order valence-electron chi connectivity index (χ4n) is 3.47. The number of rotatable bonds is 4. The maximum absolute atomic E-state index is 13.0. The molecule has 0 aromatic heterocycles. The SMILES string of the molecule is O=C(CCN1C(=O)C2CCCCC2C1=O)Nc1ccc(F)cc1Cl. The molecule has 2 fully saturated rings. The number of nitrogens with one attached hydrogen (secondary N) is 1. The molecular weight excluding hydrogens is 335 g/mol. The third-order valence-corrected chi connectivity index (χ3v) is 5.01. The molecule has 24 heavy (non-hydrogen) atoms. The van der Waals surface area contributed by atoms with Gasteiger partial charge in [0.1, 0.15) is 5.82 Å². The van der Waals surface area contributed by atoms with Crippen LogP contribution in [0.2, 0.25) is 5.02 Å². The number of imide groups is 1. The Morgan fingerprint density at radius 3 is 2.42 bits per heavy atom. The minimum atomic E-state index is -0.492. The number of likely N-dealkylation sites (tertiary alicyclic amines) is 1. The fourth-order valence-corrected chi connectivity index (χ4v) is 3.68. The van der Waals surface area contributed by atoms with Gasteiger partial charge in [0.2, 0.25) is 17.7 Å². The number of amides is 3. The van der Waals surface area contributed by atoms with Crippen LogP contribution in [-0.2, 0) is 14.4 Å². The van der Waals surface area contributed by atoms with E-state index in [2.05, 4.69) is 5.32 Å². The van der Waals surface area contributed by atoms with Gasteiger partial charge in [0.25, 0.3) is 0 Å². The van der Waals surface area contributed by atoms with Gasteiger partial charge in [-0.2, -0.15) is 0 Å². The standard InChI is InChI=1S/C17H18ClFN2O3/c18-13-9-10(19)5-6-14(13)20-15(22)7-8-21-16(23)11-3-1-2-4-12(11)17(21)24/h5-6,9,11-12H,1-4,7-8H2,(H,20,22). The Hall–Kier alpha value is -1.95. The van der Waals surface area contributed by atoms with Gasteiger partial charge in [0, 0.05) is 13.0 Å². The predicted molar refractivity (Wildman–Crippen MR) is 86.8 cm³/mol. The highest BCUT2D eigenvalue weighted by atomic mass is 35.5. The fraction of sp³-hybridized carbons (Fsp3) is 0.471. The molecule has 1 saturated carbocycles. The molecule has 0 radical (unpaired) electrons. The first kappa shape index (κ1) is 16.9. The molecule has 2 atom stereocenters. The van der Waals surface area contributed by atoms with Crippen LogP contribution in [0, 0.1) is 17.7 Å². The van der Waals surface area contributed by atoms with Crippen LogP contribution in [0.15, 0.2) is 18.2 Å². The van der Waals surface area contributed by atoms with Crippen molar-refractivity contribution in [2.75, 3.05) is 11.9 Å². The lowest BCUT2D eigenvalue weighted by Crippen LogP contribution is -2.34. The van der Waals surface area contributed by atoms with Gasteiger partial charge in [-0.15, -0.1) is 0 Å². The van der Waals surface area contributed by atoms with E-state index < -0.39 is 5.82 Å². The van der Waals surface area contributed by atoms with Gasteiger partial charge in [0.05, 0.1) is 22.5 Å². The number of benzene rings is 1. The zero-order valence-electron chi connectivity index (χ0n) is 13.1. The molecule has 2 unspecified atom stereocenters. The second-order valence-electron chi connectivity index (χ2n) is 6.25. The van der Waals surface area contributed by atoms with E-state index in [1.54, 1.807) is 0 Å². The first-order chi connectivity index (χ1) is 11.5. The molecule has 1 aromatic rings. The first-order valence-corrected chi connectivity index (χ1v) is 8.45. The van der Waals surface area contributed by atoms with Crippen LogP contribution < -0.4 is 5.32 Å². The van der Waals surface area contributed by atoms with E-state index in [1.807, 2.05) is 0 Å². The number of nitrogens with zero attached hydrogens (tertiary/aromatic N) is 1. The number of carbonyl (C=O) groups is 3. The summed E-state index contributed by atoms with van der Waals surface area (Å²) in [5, 5.41) is 2.67. The first-order valence-electron chi connectivity index (χ1n) is 8.07. The lowest BCUT2D eigenvalue weighted by atomic mass is 9.81. The van der Waals surface area contributed by atoms with Crippen LogP contribution in [0.4, 0.5) is 10.1 Å². The van der Waals surface area contributed by atoms with Crippen molar-refractivity contribution in [1.29, 1.82) is 0 Å². The van der Waals surface area contributed by atoms with Gasteiger partial charge in [-0.05, 0) is 31.0 Å². The van der Waals surface area contributed by atoms with Crippen molar-refractivity contribution in [1.82, 2.24) is 4.90 Å². The van der Waals surface area contributed by atoms with E-state index in [4.69, 9.17) is 11.6 Å². The average molecular weight is 353 g/mol. The molecule has 5 nitrogen and oxygen atoms in total. The minimum absolute atomic E-state index is 0.00930. The Morgan fingerprint density at radius 1 is 1.21 bits per heavy atom. The number of carbonyl (C=O) groups excluding carboxylic acids is 3. The van der Waals surface area contributed by atoms with Crippen LogP contribution in [0.1, 0.15) is 32.1 Å². The van der Waals surface area contributed by atoms with E-state index in [0.717, 1.165) is 31.7 Å². The van der Waals surface area contributed by atoms with Gasteiger partial charge in [-0.3, -0.25) is 19.3 Å². The Kier molecular flexibility index (Phi) is 4.85. The van der Waals surface area contributed by atoms with E-state index in [0.29, 0.717) is 5.69 Å². The lowest BCUT2D eigenvalue weighted by Gasteiger charge is -2.19. The van der Waals surface area contributed by atoms with Crippen molar-refractivity contribution in [2.24, 2.45) is 11.8 Å². The second-order valence-corrected chi connectivity index (χ2v) is 6.66. The average Bonchev–Trinajstić information content (AvgIpc) is 2.80. The van der Waals surface area contributed by atoms with Gasteiger partial charge in [-0.25, -0.2) is 4.39 Å². The molecule has 3 rings (SSSR count). The van der Waals surface area contributed by atoms with Crippen LogP contribution in [0.3, 0.4) is 0 Å². The smallest absolute Gasteiger partial charge is 0.233 e. The summed E-state index contributed by atoms with van der Waals surface area (Å²) < 4.78 is 13.0. The van der Waals surface area contributed by atoms with Gasteiger partial charge >= 0.3 is 0 Å². The highest BCUT2D eigenvalue weighted by Crippen LogP contribution is 2.38. The van der Waals surface area contributed by atoms with Crippen LogP contribution in [0.25, 0.3) is 0 Å². The predicted octanol–water partition coefficient (Wildman–Crippen LogP) is 2.98. The van der Waals surface area contributed by atoms with E-state index in [-0.39, 0.29) is 47.5 Å². The normalized spacial score (nSPS) is 23.3. The molecule has 1 aliphatic heterocycles. The number of fused-ring (bicyclic) bond motifs is 1. The molecule has 128 valence electrons. The van der Waals surface area contributed by atoms with E-state index >= 15 is 0 Å². The van der Waals surface area contributed by atoms with Gasteiger partial charge in [0.15, 0.2) is 0 Å². The van der Waals surface area contributed by atoms with E-state index in [1.165, 1.54) is 17.0 Å². The summed E-state index contributed by atoms with van der Waals surface area (Å²) in [6.45, 7) is 0.0648. The summed E-state index contributed by atoms with van der Waals surface area (Å²) in [5.41, 5.74) is 0.302. The Morgan fingerprint density at radius 2 is 1.83 bits per heavy atom. The molecule has 1 heterocycles. The summed E-state index contributed by atoms with van der Waals surface area (Å²) >= 11 is 5.86. The summed E-state index contributed by atoms with van der Waals surface area (Å²) in [6, 6.07) is 3.67. The highest BCUT2D eigenvalue weighted by Gasteiger charge is 2.47. The molecule has 0 bridgehead atoms. The quantitative estimate of drug-likeness (QED) is 0.847. The van der Waals surface area contributed by atoms with Crippen LogP contribution in [-0.4, -0.2) is 29.2 Å². The molecule has 1 aliphatic carbocycles. The number of anilines is 1. The molecular formula is C17H18ClFN2O3. The van der Waals surface area contributed by atoms with Crippen molar-refractivity contribution in [3.05, 3.63) is 29.0 Å². The summed E-state index contributed by atoms with van der Waals surface area (Å²) in [6.07, 6.45) is 3.44. The molecule has 1 N–H and O–H groups in total. The summed E-state index contributed by atoms with van der Waals surface area (Å²) in [7, 11) is 0. The van der Waals surface area contributed by atoms with Crippen molar-refractivity contribution in [2.45, 2.75) is 32.1 Å². The summed E-state index contributed by atoms with van der Waals surface area (Å²) in [5.74, 6) is -1.59. The van der Waals surface area contributed by atoms with Crippen molar-refractivity contribution in [3.8, 4) is 0 Å². The van der Waals surface area contributed by atoms with Crippen molar-refractivity contribution >= 4 is 35.0 Å². The number of hydrogen-bond donors (Lipinski definition) is 1. The van der Waals surface area contributed by atoms with Crippen LogP contribution in [0.5, 0.6) is 0 Å². The van der Waals surface area contributed by atoms with Crippen molar-refractivity contribution in [3.63, 3.8) is 0 Å². The maximum atomic E-state index is 13.0. The van der Waals surface area contributed by atoms with Gasteiger partial charge < -0.3 is 5.32 Å². The van der Waals surface area contributed by atoms with Crippen LogP contribution >= 0.6 is 11.6 Å². The highest BCUT2D eigenvalue weighted by molar-refractivity contribution is 6.33. The largest absolute Gasteiger partial charge is 0.325 e. The molecule has 1 saturated heterocycles. The molecule has 0 spiro atoms. The zero-order valence-corrected chi connectivity index (χ0v) is 13.8. The van der Waals surface area contributed by atoms with Gasteiger partial charge in [-0.1, -0.05) is 24.4 Å². The lowest BCUT2D eigenvalue weighted by molar-refractivity contribution is -0.140. The maximum Gasteiger partial charge on any atom is 0.233 e. The Bertz CT molecular complexity index is 670.